The van der Waals surface area contributed by atoms with Crippen molar-refractivity contribution in [2.24, 2.45) is 0 Å². The zero-order valence-electron chi connectivity index (χ0n) is 23.7. The summed E-state index contributed by atoms with van der Waals surface area (Å²) in [6.07, 6.45) is 3.20. The number of rotatable bonds is 10. The van der Waals surface area contributed by atoms with E-state index >= 15 is 4.39 Å². The van der Waals surface area contributed by atoms with E-state index in [1.807, 2.05) is 65.0 Å². The van der Waals surface area contributed by atoms with Crippen molar-refractivity contribution in [1.82, 2.24) is 9.71 Å². The van der Waals surface area contributed by atoms with Gasteiger partial charge in [0.2, 0.25) is 0 Å². The molecule has 0 bridgehead atoms. The number of pyridine rings is 1. The summed E-state index contributed by atoms with van der Waals surface area (Å²) in [6, 6.07) is 11.0. The van der Waals surface area contributed by atoms with Gasteiger partial charge in [-0.05, 0) is 82.5 Å². The Morgan fingerprint density at radius 2 is 1.90 bits per heavy atom. The number of hydrogen-bond donors (Lipinski definition) is 1. The molecular weight excluding hydrogens is 531 g/mol. The van der Waals surface area contributed by atoms with E-state index in [2.05, 4.69) is 9.71 Å². The molecule has 2 heterocycles. The first kappa shape index (κ1) is 29.4. The maximum absolute atomic E-state index is 15.7. The van der Waals surface area contributed by atoms with Gasteiger partial charge in [0.05, 0.1) is 47.3 Å². The van der Waals surface area contributed by atoms with E-state index in [9.17, 15) is 9.00 Å². The lowest BCUT2D eigenvalue weighted by atomic mass is 10.00. The molecule has 1 N–H and O–H groups in total. The van der Waals surface area contributed by atoms with E-state index in [0.29, 0.717) is 29.1 Å². The average Bonchev–Trinajstić information content (AvgIpc) is 3.38. The van der Waals surface area contributed by atoms with E-state index in [1.165, 1.54) is 6.20 Å². The van der Waals surface area contributed by atoms with Gasteiger partial charge >= 0.3 is 5.97 Å². The molecule has 0 fully saturated rings. The van der Waals surface area contributed by atoms with E-state index in [0.717, 1.165) is 27.6 Å². The Bertz CT molecular complexity index is 1560. The van der Waals surface area contributed by atoms with Gasteiger partial charge in [0.1, 0.15) is 17.9 Å². The predicted octanol–water partition coefficient (Wildman–Crippen LogP) is 6.49. The summed E-state index contributed by atoms with van der Waals surface area (Å²) in [4.78, 5) is 16.4. The van der Waals surface area contributed by atoms with Gasteiger partial charge in [0.25, 0.3) is 0 Å². The highest BCUT2D eigenvalue weighted by Gasteiger charge is 2.22. The third kappa shape index (κ3) is 6.59. The molecule has 0 amide bonds. The first-order valence-electron chi connectivity index (χ1n) is 13.2. The largest absolute Gasteiger partial charge is 0.488 e. The van der Waals surface area contributed by atoms with Crippen molar-refractivity contribution in [3.8, 4) is 16.9 Å². The lowest BCUT2D eigenvalue weighted by Crippen LogP contribution is -2.33. The van der Waals surface area contributed by atoms with Gasteiger partial charge in [0.15, 0.2) is 5.82 Å². The lowest BCUT2D eigenvalue weighted by molar-refractivity contribution is -0.142. The summed E-state index contributed by atoms with van der Waals surface area (Å²) in [5, 5.41) is 0.800. The second-order valence-corrected chi connectivity index (χ2v) is 12.6. The smallest absolute Gasteiger partial charge is 0.310 e. The number of benzene rings is 2. The molecule has 2 aromatic carbocycles. The van der Waals surface area contributed by atoms with Crippen LogP contribution in [0.4, 0.5) is 4.39 Å². The number of halogens is 1. The fraction of sp³-hybridized carbons (Fsp3) is 0.355. The summed E-state index contributed by atoms with van der Waals surface area (Å²) in [5.41, 5.74) is 5.12. The van der Waals surface area contributed by atoms with Gasteiger partial charge in [-0.1, -0.05) is 12.1 Å². The zero-order chi connectivity index (χ0) is 29.0. The highest BCUT2D eigenvalue weighted by atomic mass is 32.2. The molecular formula is C31H35FN2O5S. The van der Waals surface area contributed by atoms with Gasteiger partial charge in [-0.25, -0.2) is 13.3 Å². The molecule has 0 aliphatic heterocycles. The molecule has 4 aromatic rings. The highest BCUT2D eigenvalue weighted by Crippen LogP contribution is 2.34. The topological polar surface area (TPSA) is 90.7 Å². The van der Waals surface area contributed by atoms with Crippen molar-refractivity contribution >= 4 is 27.9 Å². The number of esters is 1. The van der Waals surface area contributed by atoms with Crippen LogP contribution in [0.3, 0.4) is 0 Å². The average molecular weight is 567 g/mol. The summed E-state index contributed by atoms with van der Waals surface area (Å²) >= 11 is 0. The van der Waals surface area contributed by atoms with Crippen LogP contribution in [0.2, 0.25) is 0 Å². The number of aromatic nitrogens is 1. The molecule has 2 aromatic heterocycles. The number of carbonyl (C=O) groups excluding carboxylic acids is 1. The molecule has 7 nitrogen and oxygen atoms in total. The van der Waals surface area contributed by atoms with Crippen LogP contribution in [0.15, 0.2) is 53.3 Å². The summed E-state index contributed by atoms with van der Waals surface area (Å²) in [6.45, 7) is 11.8. The lowest BCUT2D eigenvalue weighted by Gasteiger charge is -2.18. The van der Waals surface area contributed by atoms with Crippen molar-refractivity contribution in [1.29, 1.82) is 0 Å². The highest BCUT2D eigenvalue weighted by molar-refractivity contribution is 7.84. The molecule has 0 radical (unpaired) electrons. The minimum atomic E-state index is -1.37. The van der Waals surface area contributed by atoms with Gasteiger partial charge in [-0.2, -0.15) is 0 Å². The van der Waals surface area contributed by atoms with Crippen molar-refractivity contribution < 1.29 is 27.3 Å². The van der Waals surface area contributed by atoms with Crippen LogP contribution < -0.4 is 9.46 Å². The zero-order valence-corrected chi connectivity index (χ0v) is 24.5. The van der Waals surface area contributed by atoms with Crippen molar-refractivity contribution in [3.63, 3.8) is 0 Å². The number of ether oxygens (including phenoxy) is 2. The third-order valence-electron chi connectivity index (χ3n) is 6.57. The van der Waals surface area contributed by atoms with Crippen LogP contribution in [-0.4, -0.2) is 26.5 Å². The minimum absolute atomic E-state index is 0.0174. The normalized spacial score (nSPS) is 12.5. The van der Waals surface area contributed by atoms with Crippen LogP contribution in [0.25, 0.3) is 22.1 Å². The quantitative estimate of drug-likeness (QED) is 0.221. The Labute approximate surface area is 236 Å². The van der Waals surface area contributed by atoms with E-state index in [-0.39, 0.29) is 31.2 Å². The van der Waals surface area contributed by atoms with Crippen LogP contribution in [0, 0.1) is 19.7 Å². The van der Waals surface area contributed by atoms with Crippen LogP contribution in [0.5, 0.6) is 5.75 Å². The fourth-order valence-corrected chi connectivity index (χ4v) is 5.01. The Balaban J connectivity index is 1.65. The van der Waals surface area contributed by atoms with Crippen LogP contribution in [0.1, 0.15) is 55.6 Å². The van der Waals surface area contributed by atoms with Crippen LogP contribution in [-0.2, 0) is 40.1 Å². The Morgan fingerprint density at radius 1 is 1.12 bits per heavy atom. The van der Waals surface area contributed by atoms with Gasteiger partial charge in [-0.15, -0.1) is 0 Å². The van der Waals surface area contributed by atoms with Crippen molar-refractivity contribution in [3.05, 3.63) is 82.6 Å². The SMILES string of the molecule is CCOC(=O)Cc1ccc(C)c(C)c1OCc1cc(-c2ccnc(CNS(=O)C(C)(C)C)c2F)c2occc2c1. The molecule has 40 heavy (non-hydrogen) atoms. The van der Waals surface area contributed by atoms with Crippen molar-refractivity contribution in [2.75, 3.05) is 6.61 Å². The fourth-order valence-electron chi connectivity index (χ4n) is 4.31. The number of fused-ring (bicyclic) bond motifs is 1. The number of nitrogens with zero attached hydrogens (tertiary/aromatic N) is 1. The summed E-state index contributed by atoms with van der Waals surface area (Å²) in [7, 11) is -1.37. The Morgan fingerprint density at radius 3 is 2.62 bits per heavy atom. The number of hydrogen-bond acceptors (Lipinski definition) is 6. The molecule has 9 heteroatoms. The minimum Gasteiger partial charge on any atom is -0.488 e. The second kappa shape index (κ2) is 12.3. The summed E-state index contributed by atoms with van der Waals surface area (Å²) < 4.78 is 47.7. The van der Waals surface area contributed by atoms with E-state index in [4.69, 9.17) is 13.9 Å². The molecule has 1 unspecified atom stereocenters. The molecule has 0 saturated heterocycles. The summed E-state index contributed by atoms with van der Waals surface area (Å²) in [5.74, 6) is -0.192. The second-order valence-electron chi connectivity index (χ2n) is 10.6. The maximum atomic E-state index is 15.7. The molecule has 0 aliphatic rings. The molecule has 212 valence electrons. The maximum Gasteiger partial charge on any atom is 0.310 e. The number of furan rings is 1. The molecule has 0 spiro atoms. The van der Waals surface area contributed by atoms with E-state index < -0.39 is 21.5 Å². The van der Waals surface area contributed by atoms with Gasteiger partial charge in [-0.3, -0.25) is 9.78 Å². The predicted molar refractivity (Wildman–Crippen MR) is 155 cm³/mol. The molecule has 4 rings (SSSR count). The van der Waals surface area contributed by atoms with Gasteiger partial charge in [0, 0.05) is 28.3 Å². The first-order chi connectivity index (χ1) is 19.0. The first-order valence-corrected chi connectivity index (χ1v) is 14.3. The molecule has 0 aliphatic carbocycles. The monoisotopic (exact) mass is 566 g/mol. The van der Waals surface area contributed by atoms with Gasteiger partial charge < -0.3 is 13.9 Å². The standard InChI is InChI=1S/C31H35FN2O5S/c1-7-37-27(35)16-22-9-8-19(2)20(3)29(22)39-18-21-14-23-11-13-38-30(23)25(15-21)24-10-12-33-26(28(24)32)17-34-40(36)31(4,5)6/h8-15,34H,7,16-18H2,1-6H3. The Hall–Kier alpha value is -3.56. The van der Waals surface area contributed by atoms with E-state index in [1.54, 1.807) is 19.3 Å². The van der Waals surface area contributed by atoms with Crippen LogP contribution >= 0.6 is 0 Å². The number of nitrogens with one attached hydrogen (secondary N) is 1. The van der Waals surface area contributed by atoms with Crippen molar-refractivity contribution in [2.45, 2.75) is 65.9 Å². The third-order valence-corrected chi connectivity index (χ3v) is 8.09. The Kier molecular flexibility index (Phi) is 9.05. The number of carbonyl (C=O) groups is 1. The molecule has 0 saturated carbocycles. The number of aryl methyl sites for hydroxylation is 1. The molecule has 1 atom stereocenters.